The van der Waals surface area contributed by atoms with Crippen LogP contribution in [0.5, 0.6) is 0 Å². The van der Waals surface area contributed by atoms with Crippen molar-refractivity contribution in [2.24, 2.45) is 11.8 Å². The van der Waals surface area contributed by atoms with Crippen molar-refractivity contribution in [3.05, 3.63) is 18.5 Å². The number of amides is 1. The van der Waals surface area contributed by atoms with Crippen LogP contribution in [-0.4, -0.2) is 72.6 Å². The van der Waals surface area contributed by atoms with Gasteiger partial charge in [-0.1, -0.05) is 0 Å². The van der Waals surface area contributed by atoms with Gasteiger partial charge in [-0.25, -0.2) is 9.97 Å². The molecule has 0 saturated carbocycles. The van der Waals surface area contributed by atoms with Crippen LogP contribution in [0, 0.1) is 11.8 Å². The Morgan fingerprint density at radius 1 is 1.11 bits per heavy atom. The molecule has 2 bridgehead atoms. The Morgan fingerprint density at radius 3 is 2.89 bits per heavy atom. The molecule has 3 atom stereocenters. The lowest BCUT2D eigenvalue weighted by molar-refractivity contribution is -0.131. The molecule has 3 aliphatic heterocycles. The van der Waals surface area contributed by atoms with Crippen LogP contribution in [0.25, 0.3) is 0 Å². The molecule has 7 nitrogen and oxygen atoms in total. The zero-order valence-electron chi connectivity index (χ0n) is 16.1. The Hall–Kier alpha value is -1.73. The largest absolute Gasteiger partial charge is 0.341 e. The molecule has 3 fully saturated rings. The van der Waals surface area contributed by atoms with Gasteiger partial charge < -0.3 is 20.4 Å². The van der Waals surface area contributed by atoms with Crippen LogP contribution >= 0.6 is 0 Å². The summed E-state index contributed by atoms with van der Waals surface area (Å²) in [7, 11) is 0. The Labute approximate surface area is 161 Å². The minimum atomic E-state index is 0.307. The maximum atomic E-state index is 12.7. The van der Waals surface area contributed by atoms with E-state index in [0.29, 0.717) is 18.4 Å². The number of anilines is 1. The van der Waals surface area contributed by atoms with Crippen LogP contribution in [0.15, 0.2) is 18.5 Å². The molecule has 0 aromatic carbocycles. The average Bonchev–Trinajstić information content (AvgIpc) is 2.97. The molecule has 4 rings (SSSR count). The van der Waals surface area contributed by atoms with Gasteiger partial charge in [-0.2, -0.15) is 0 Å². The third-order valence-electron chi connectivity index (χ3n) is 6.30. The molecule has 7 heteroatoms. The molecule has 148 valence electrons. The second-order valence-corrected chi connectivity index (χ2v) is 8.20. The molecule has 3 aliphatic rings. The molecule has 27 heavy (non-hydrogen) atoms. The first-order valence-electron chi connectivity index (χ1n) is 10.5. The van der Waals surface area contributed by atoms with E-state index < -0.39 is 0 Å². The zero-order chi connectivity index (χ0) is 18.5. The van der Waals surface area contributed by atoms with Crippen molar-refractivity contribution in [2.45, 2.75) is 38.1 Å². The minimum Gasteiger partial charge on any atom is -0.341 e. The molecular formula is C20H32N6O. The Bertz CT molecular complexity index is 612. The Kier molecular flexibility index (Phi) is 6.19. The van der Waals surface area contributed by atoms with Gasteiger partial charge >= 0.3 is 0 Å². The standard InChI is InChI=1S/C20H32N6O/c27-19(5-1-4-18-17-12-16(14-24-18)13-21-15-17)25-8-3-9-26(11-10-25)20-22-6-2-7-23-20/h2,6-7,16-18,21,24H,1,3-5,8-15H2/t16-,17+,18-/m0/s1. The zero-order valence-corrected chi connectivity index (χ0v) is 16.1. The maximum absolute atomic E-state index is 12.7. The van der Waals surface area contributed by atoms with Gasteiger partial charge in [-0.3, -0.25) is 4.79 Å². The fourth-order valence-electron chi connectivity index (χ4n) is 4.80. The maximum Gasteiger partial charge on any atom is 0.225 e. The number of fused-ring (bicyclic) bond motifs is 2. The lowest BCUT2D eigenvalue weighted by Crippen LogP contribution is -2.54. The van der Waals surface area contributed by atoms with E-state index in [1.807, 2.05) is 11.0 Å². The van der Waals surface area contributed by atoms with Crippen LogP contribution in [-0.2, 0) is 4.79 Å². The summed E-state index contributed by atoms with van der Waals surface area (Å²) < 4.78 is 0. The van der Waals surface area contributed by atoms with Gasteiger partial charge in [0.25, 0.3) is 0 Å². The first-order valence-corrected chi connectivity index (χ1v) is 10.5. The third-order valence-corrected chi connectivity index (χ3v) is 6.30. The van der Waals surface area contributed by atoms with Crippen LogP contribution in [0.2, 0.25) is 0 Å². The van der Waals surface area contributed by atoms with Gasteiger partial charge in [0.2, 0.25) is 11.9 Å². The molecule has 0 aliphatic carbocycles. The topological polar surface area (TPSA) is 73.4 Å². The predicted molar refractivity (Wildman–Crippen MR) is 106 cm³/mol. The Morgan fingerprint density at radius 2 is 2.00 bits per heavy atom. The van der Waals surface area contributed by atoms with E-state index >= 15 is 0 Å². The predicted octanol–water partition coefficient (Wildman–Crippen LogP) is 0.883. The average molecular weight is 373 g/mol. The van der Waals surface area contributed by atoms with Crippen LogP contribution in [0.4, 0.5) is 5.95 Å². The summed E-state index contributed by atoms with van der Waals surface area (Å²) in [6.07, 6.45) is 8.65. The third kappa shape index (κ3) is 4.76. The first-order chi connectivity index (χ1) is 13.3. The van der Waals surface area contributed by atoms with E-state index in [4.69, 9.17) is 0 Å². The van der Waals surface area contributed by atoms with Crippen molar-refractivity contribution in [1.29, 1.82) is 0 Å². The number of rotatable bonds is 5. The van der Waals surface area contributed by atoms with E-state index in [1.54, 1.807) is 12.4 Å². The van der Waals surface area contributed by atoms with E-state index in [1.165, 1.54) is 6.42 Å². The van der Waals surface area contributed by atoms with Crippen molar-refractivity contribution >= 4 is 11.9 Å². The number of carbonyl (C=O) groups excluding carboxylic acids is 1. The van der Waals surface area contributed by atoms with Crippen molar-refractivity contribution in [2.75, 3.05) is 50.7 Å². The molecule has 3 saturated heterocycles. The van der Waals surface area contributed by atoms with Crippen LogP contribution < -0.4 is 15.5 Å². The summed E-state index contributed by atoms with van der Waals surface area (Å²) >= 11 is 0. The highest BCUT2D eigenvalue weighted by Crippen LogP contribution is 2.26. The lowest BCUT2D eigenvalue weighted by Gasteiger charge is -2.41. The van der Waals surface area contributed by atoms with Gasteiger partial charge in [-0.05, 0) is 63.2 Å². The quantitative estimate of drug-likeness (QED) is 0.800. The molecule has 2 N–H and O–H groups in total. The second-order valence-electron chi connectivity index (χ2n) is 8.20. The summed E-state index contributed by atoms with van der Waals surface area (Å²) in [5.74, 6) is 2.62. The van der Waals surface area contributed by atoms with Crippen LogP contribution in [0.3, 0.4) is 0 Å². The minimum absolute atomic E-state index is 0.307. The summed E-state index contributed by atoms with van der Waals surface area (Å²) in [4.78, 5) is 25.6. The number of hydrogen-bond acceptors (Lipinski definition) is 6. The smallest absolute Gasteiger partial charge is 0.225 e. The molecule has 0 spiro atoms. The fourth-order valence-corrected chi connectivity index (χ4v) is 4.80. The highest BCUT2D eigenvalue weighted by Gasteiger charge is 2.32. The molecule has 1 amide bonds. The van der Waals surface area contributed by atoms with Gasteiger partial charge in [0.05, 0.1) is 0 Å². The second kappa shape index (κ2) is 8.97. The van der Waals surface area contributed by atoms with Crippen molar-refractivity contribution < 1.29 is 4.79 Å². The monoisotopic (exact) mass is 372 g/mol. The lowest BCUT2D eigenvalue weighted by atomic mass is 9.80. The SMILES string of the molecule is O=C(CCC[C@@H]1NC[C@@H]2CNC[C@H]1C2)N1CCCN(c2ncccn2)CC1. The summed E-state index contributed by atoms with van der Waals surface area (Å²) in [6.45, 7) is 6.77. The van der Waals surface area contributed by atoms with Gasteiger partial charge in [0.1, 0.15) is 0 Å². The molecule has 4 heterocycles. The molecule has 1 aromatic heterocycles. The van der Waals surface area contributed by atoms with E-state index in [9.17, 15) is 4.79 Å². The van der Waals surface area contributed by atoms with E-state index in [0.717, 1.165) is 82.9 Å². The number of hydrogen-bond donors (Lipinski definition) is 2. The molecule has 0 radical (unpaired) electrons. The van der Waals surface area contributed by atoms with Gasteiger partial charge in [-0.15, -0.1) is 0 Å². The summed E-state index contributed by atoms with van der Waals surface area (Å²) in [5.41, 5.74) is 0. The summed E-state index contributed by atoms with van der Waals surface area (Å²) in [6, 6.07) is 2.42. The normalized spacial score (nSPS) is 28.7. The summed E-state index contributed by atoms with van der Waals surface area (Å²) in [5, 5.41) is 7.29. The first kappa shape index (κ1) is 18.6. The molecule has 0 unspecified atom stereocenters. The van der Waals surface area contributed by atoms with Crippen molar-refractivity contribution in [1.82, 2.24) is 25.5 Å². The molecular weight excluding hydrogens is 340 g/mol. The van der Waals surface area contributed by atoms with Crippen molar-refractivity contribution in [3.8, 4) is 0 Å². The van der Waals surface area contributed by atoms with Crippen molar-refractivity contribution in [3.63, 3.8) is 0 Å². The fraction of sp³-hybridized carbons (Fsp3) is 0.750. The highest BCUT2D eigenvalue weighted by atomic mass is 16.2. The Balaban J connectivity index is 1.21. The molecule has 1 aromatic rings. The number of carbonyl (C=O) groups is 1. The number of piperidine rings is 2. The van der Waals surface area contributed by atoms with Gasteiger partial charge in [0, 0.05) is 51.0 Å². The van der Waals surface area contributed by atoms with Crippen LogP contribution in [0.1, 0.15) is 32.1 Å². The van der Waals surface area contributed by atoms with Gasteiger partial charge in [0.15, 0.2) is 0 Å². The number of nitrogens with one attached hydrogen (secondary N) is 2. The van der Waals surface area contributed by atoms with E-state index in [-0.39, 0.29) is 0 Å². The highest BCUT2D eigenvalue weighted by molar-refractivity contribution is 5.76. The number of aromatic nitrogens is 2. The van der Waals surface area contributed by atoms with E-state index in [2.05, 4.69) is 25.5 Å². The number of nitrogens with zero attached hydrogens (tertiary/aromatic N) is 4.